The quantitative estimate of drug-likeness (QED) is 0.780. The highest BCUT2D eigenvalue weighted by molar-refractivity contribution is 5.77. The van der Waals surface area contributed by atoms with Crippen molar-refractivity contribution in [1.29, 1.82) is 0 Å². The van der Waals surface area contributed by atoms with Crippen molar-refractivity contribution in [3.05, 3.63) is 30.2 Å². The Labute approximate surface area is 172 Å². The molecule has 1 amide bonds. The molecule has 1 N–H and O–H groups in total. The number of carbonyl (C=O) groups is 1. The second-order valence-corrected chi connectivity index (χ2v) is 8.72. The molecule has 2 atom stereocenters. The number of hydrogen-bond acceptors (Lipinski definition) is 6. The van der Waals surface area contributed by atoms with E-state index in [1.807, 2.05) is 32.7 Å². The van der Waals surface area contributed by atoms with Gasteiger partial charge >= 0.3 is 6.36 Å². The van der Waals surface area contributed by atoms with Crippen LogP contribution in [-0.2, 0) is 4.79 Å². The normalized spacial score (nSPS) is 20.4. The lowest BCUT2D eigenvalue weighted by Gasteiger charge is -2.19. The van der Waals surface area contributed by atoms with E-state index < -0.39 is 6.36 Å². The molecule has 0 saturated carbocycles. The largest absolute Gasteiger partial charge is 0.573 e. The summed E-state index contributed by atoms with van der Waals surface area (Å²) in [6.07, 6.45) is -3.67. The number of aromatic nitrogens is 2. The fourth-order valence-electron chi connectivity index (χ4n) is 3.45. The number of nitrogens with zero attached hydrogens (tertiary/aromatic N) is 3. The molecule has 0 bridgehead atoms. The molecule has 10 heteroatoms. The van der Waals surface area contributed by atoms with E-state index >= 15 is 0 Å². The molecule has 1 aliphatic rings. The molecule has 2 heterocycles. The minimum Gasteiger partial charge on any atom is -0.406 e. The Bertz CT molecular complexity index is 875. The molecule has 3 rings (SSSR count). The molecule has 2 aromatic rings. The van der Waals surface area contributed by atoms with Gasteiger partial charge in [0.2, 0.25) is 17.6 Å². The number of alkyl halides is 3. The summed E-state index contributed by atoms with van der Waals surface area (Å²) in [6, 6.07) is 5.08. The van der Waals surface area contributed by atoms with Crippen LogP contribution in [0, 0.1) is 5.41 Å². The van der Waals surface area contributed by atoms with Crippen LogP contribution in [0.15, 0.2) is 28.8 Å². The SMILES string of the molecule is CN1C[C@H](NC(=O)CC(C)(C)C)C[C@H]1c1nc(-c2ccc(OC(F)(F)F)cc2)no1. The van der Waals surface area contributed by atoms with Gasteiger partial charge < -0.3 is 14.6 Å². The molecule has 164 valence electrons. The minimum absolute atomic E-state index is 0.00827. The van der Waals surface area contributed by atoms with Crippen molar-refractivity contribution in [2.24, 2.45) is 5.41 Å². The van der Waals surface area contributed by atoms with Crippen molar-refractivity contribution in [3.63, 3.8) is 0 Å². The van der Waals surface area contributed by atoms with Crippen molar-refractivity contribution < 1.29 is 27.2 Å². The van der Waals surface area contributed by atoms with E-state index in [9.17, 15) is 18.0 Å². The van der Waals surface area contributed by atoms with Crippen LogP contribution in [0.2, 0.25) is 0 Å². The van der Waals surface area contributed by atoms with Gasteiger partial charge in [-0.25, -0.2) is 0 Å². The molecule has 1 saturated heterocycles. The third-order valence-corrected chi connectivity index (χ3v) is 4.68. The van der Waals surface area contributed by atoms with Crippen molar-refractivity contribution in [3.8, 4) is 17.1 Å². The average Bonchev–Trinajstić information content (AvgIpc) is 3.19. The molecule has 1 aromatic heterocycles. The van der Waals surface area contributed by atoms with Gasteiger partial charge in [0.25, 0.3) is 0 Å². The number of benzene rings is 1. The molecule has 1 aliphatic heterocycles. The standard InChI is InChI=1S/C20H25F3N4O3/c1-19(2,3)10-16(28)24-13-9-15(27(4)11-13)18-25-17(26-30-18)12-5-7-14(8-6-12)29-20(21,22)23/h5-8,13,15H,9-11H2,1-4H3,(H,24,28)/t13-,15+/m1/s1. The first-order valence-electron chi connectivity index (χ1n) is 9.59. The number of likely N-dealkylation sites (tertiary alicyclic amines) is 1. The van der Waals surface area contributed by atoms with Crippen LogP contribution in [0.25, 0.3) is 11.4 Å². The number of likely N-dealkylation sites (N-methyl/N-ethyl adjacent to an activating group) is 1. The Morgan fingerprint density at radius 1 is 1.27 bits per heavy atom. The predicted molar refractivity (Wildman–Crippen MR) is 102 cm³/mol. The Balaban J connectivity index is 1.64. The summed E-state index contributed by atoms with van der Waals surface area (Å²) in [5.74, 6) is 0.362. The van der Waals surface area contributed by atoms with Crippen LogP contribution in [0.5, 0.6) is 5.75 Å². The first-order chi connectivity index (χ1) is 13.9. The molecule has 30 heavy (non-hydrogen) atoms. The molecule has 0 radical (unpaired) electrons. The van der Waals surface area contributed by atoms with Gasteiger partial charge in [-0.05, 0) is 43.1 Å². The Morgan fingerprint density at radius 3 is 2.53 bits per heavy atom. The van der Waals surface area contributed by atoms with Gasteiger partial charge in [0.05, 0.1) is 6.04 Å². The molecular formula is C20H25F3N4O3. The highest BCUT2D eigenvalue weighted by Crippen LogP contribution is 2.32. The first-order valence-corrected chi connectivity index (χ1v) is 9.59. The number of carbonyl (C=O) groups excluding carboxylic acids is 1. The maximum absolute atomic E-state index is 12.3. The van der Waals surface area contributed by atoms with E-state index in [4.69, 9.17) is 4.52 Å². The van der Waals surface area contributed by atoms with Crippen LogP contribution in [0.4, 0.5) is 13.2 Å². The average molecular weight is 426 g/mol. The molecule has 1 fully saturated rings. The van der Waals surface area contributed by atoms with Crippen molar-refractivity contribution in [1.82, 2.24) is 20.4 Å². The van der Waals surface area contributed by atoms with E-state index in [-0.39, 0.29) is 35.0 Å². The number of halogens is 3. The molecule has 0 spiro atoms. The third-order valence-electron chi connectivity index (χ3n) is 4.68. The summed E-state index contributed by atoms with van der Waals surface area (Å²) < 4.78 is 46.1. The van der Waals surface area contributed by atoms with Gasteiger partial charge in [0, 0.05) is 24.6 Å². The van der Waals surface area contributed by atoms with E-state index in [0.717, 1.165) is 0 Å². The van der Waals surface area contributed by atoms with Crippen molar-refractivity contribution >= 4 is 5.91 Å². The first kappa shape index (κ1) is 22.1. The summed E-state index contributed by atoms with van der Waals surface area (Å²) >= 11 is 0. The number of ether oxygens (including phenoxy) is 1. The van der Waals surface area contributed by atoms with Crippen LogP contribution in [0.1, 0.15) is 45.5 Å². The highest BCUT2D eigenvalue weighted by Gasteiger charge is 2.35. The summed E-state index contributed by atoms with van der Waals surface area (Å²) in [7, 11) is 1.91. The van der Waals surface area contributed by atoms with E-state index in [0.29, 0.717) is 30.8 Å². The highest BCUT2D eigenvalue weighted by atomic mass is 19.4. The Kier molecular flexibility index (Phi) is 6.07. The van der Waals surface area contributed by atoms with Gasteiger partial charge in [0.1, 0.15) is 5.75 Å². The number of rotatable bonds is 5. The van der Waals surface area contributed by atoms with Crippen LogP contribution in [-0.4, -0.2) is 46.9 Å². The maximum atomic E-state index is 12.3. The number of nitrogens with one attached hydrogen (secondary N) is 1. The molecular weight excluding hydrogens is 401 g/mol. The zero-order chi connectivity index (χ0) is 22.1. The van der Waals surface area contributed by atoms with E-state index in [1.54, 1.807) is 0 Å². The second kappa shape index (κ2) is 8.25. The third kappa shape index (κ3) is 5.94. The second-order valence-electron chi connectivity index (χ2n) is 8.72. The topological polar surface area (TPSA) is 80.5 Å². The zero-order valence-electron chi connectivity index (χ0n) is 17.3. The van der Waals surface area contributed by atoms with Crippen molar-refractivity contribution in [2.75, 3.05) is 13.6 Å². The van der Waals surface area contributed by atoms with Crippen LogP contribution in [0.3, 0.4) is 0 Å². The van der Waals surface area contributed by atoms with Gasteiger partial charge in [-0.1, -0.05) is 25.9 Å². The molecule has 1 aromatic carbocycles. The summed E-state index contributed by atoms with van der Waals surface area (Å²) in [4.78, 5) is 18.6. The Hall–Kier alpha value is -2.62. The van der Waals surface area contributed by atoms with Gasteiger partial charge in [-0.2, -0.15) is 4.98 Å². The predicted octanol–water partition coefficient (Wildman–Crippen LogP) is 3.93. The monoisotopic (exact) mass is 426 g/mol. The molecule has 0 unspecified atom stereocenters. The number of hydrogen-bond donors (Lipinski definition) is 1. The summed E-state index contributed by atoms with van der Waals surface area (Å²) in [5, 5.41) is 6.99. The lowest BCUT2D eigenvalue weighted by Crippen LogP contribution is -2.38. The lowest BCUT2D eigenvalue weighted by molar-refractivity contribution is -0.274. The van der Waals surface area contributed by atoms with Crippen molar-refractivity contribution in [2.45, 2.75) is 52.1 Å². The maximum Gasteiger partial charge on any atom is 0.573 e. The Morgan fingerprint density at radius 2 is 1.93 bits per heavy atom. The van der Waals surface area contributed by atoms with Gasteiger partial charge in [0.15, 0.2) is 0 Å². The number of amides is 1. The van der Waals surface area contributed by atoms with Crippen LogP contribution < -0.4 is 10.1 Å². The molecule has 7 nitrogen and oxygen atoms in total. The summed E-state index contributed by atoms with van der Waals surface area (Å²) in [6.45, 7) is 6.69. The van der Waals surface area contributed by atoms with Gasteiger partial charge in [-0.15, -0.1) is 13.2 Å². The summed E-state index contributed by atoms with van der Waals surface area (Å²) in [5.41, 5.74) is 0.422. The zero-order valence-corrected chi connectivity index (χ0v) is 17.3. The van der Waals surface area contributed by atoms with E-state index in [2.05, 4.69) is 20.2 Å². The van der Waals surface area contributed by atoms with E-state index in [1.165, 1.54) is 24.3 Å². The lowest BCUT2D eigenvalue weighted by atomic mass is 9.92. The van der Waals surface area contributed by atoms with Crippen LogP contribution >= 0.6 is 0 Å². The minimum atomic E-state index is -4.74. The fraction of sp³-hybridized carbons (Fsp3) is 0.550. The smallest absolute Gasteiger partial charge is 0.406 e. The fourth-order valence-corrected chi connectivity index (χ4v) is 3.45. The molecule has 0 aliphatic carbocycles. The van der Waals surface area contributed by atoms with Gasteiger partial charge in [-0.3, -0.25) is 9.69 Å².